The van der Waals surface area contributed by atoms with Gasteiger partial charge in [0.25, 0.3) is 0 Å². The van der Waals surface area contributed by atoms with Crippen LogP contribution in [0.2, 0.25) is 0 Å². The summed E-state index contributed by atoms with van der Waals surface area (Å²) in [6.45, 7) is 4.32. The lowest BCUT2D eigenvalue weighted by Gasteiger charge is -2.24. The number of carbonyl (C=O) groups excluding carboxylic acids is 2. The number of quaternary nitrogens is 1. The number of unbranched alkanes of at least 4 members (excludes halogenated alkanes) is 30. The first-order valence-corrected chi connectivity index (χ1v) is 39.1. The number of ether oxygens (including phenoxy) is 2. The third-order valence-electron chi connectivity index (χ3n) is 15.9. The second kappa shape index (κ2) is 71.2. The Hall–Kier alpha value is -4.11. The van der Waals surface area contributed by atoms with E-state index in [0.717, 1.165) is 116 Å². The molecule has 0 saturated heterocycles. The van der Waals surface area contributed by atoms with Crippen molar-refractivity contribution in [2.75, 3.05) is 47.5 Å². The zero-order valence-electron chi connectivity index (χ0n) is 60.0. The van der Waals surface area contributed by atoms with Crippen molar-refractivity contribution in [1.29, 1.82) is 0 Å². The molecule has 2 unspecified atom stereocenters. The Morgan fingerprint density at radius 1 is 0.348 bits per heavy atom. The number of phosphoric ester groups is 1. The second-order valence-electron chi connectivity index (χ2n) is 25.9. The van der Waals surface area contributed by atoms with Crippen LogP contribution in [0.15, 0.2) is 146 Å². The molecule has 0 spiro atoms. The fourth-order valence-corrected chi connectivity index (χ4v) is 10.9. The Labute approximate surface area is 567 Å². The van der Waals surface area contributed by atoms with Crippen LogP contribution in [0, 0.1) is 0 Å². The molecule has 0 bridgehead atoms. The second-order valence-corrected chi connectivity index (χ2v) is 27.4. The predicted octanol–water partition coefficient (Wildman–Crippen LogP) is 24.9. The van der Waals surface area contributed by atoms with Crippen LogP contribution in [0.4, 0.5) is 0 Å². The van der Waals surface area contributed by atoms with Crippen molar-refractivity contribution in [2.45, 2.75) is 315 Å². The van der Waals surface area contributed by atoms with E-state index in [4.69, 9.17) is 18.5 Å². The summed E-state index contributed by atoms with van der Waals surface area (Å²) < 4.78 is 34.8. The van der Waals surface area contributed by atoms with Crippen LogP contribution in [-0.2, 0) is 32.7 Å². The van der Waals surface area contributed by atoms with Gasteiger partial charge in [0, 0.05) is 12.8 Å². The number of hydrogen-bond donors (Lipinski definition) is 1. The average Bonchev–Trinajstić information content (AvgIpc) is 2.23. The number of esters is 2. The zero-order valence-corrected chi connectivity index (χ0v) is 60.9. The van der Waals surface area contributed by atoms with E-state index < -0.39 is 26.5 Å². The average molecular weight is 1300 g/mol. The molecule has 0 heterocycles. The summed E-state index contributed by atoms with van der Waals surface area (Å²) >= 11 is 0. The zero-order chi connectivity index (χ0) is 66.9. The fraction of sp³-hybridized carbons (Fsp3) is 0.683. The van der Waals surface area contributed by atoms with Crippen LogP contribution < -0.4 is 0 Å². The summed E-state index contributed by atoms with van der Waals surface area (Å²) in [7, 11) is 1.47. The van der Waals surface area contributed by atoms with Crippen molar-refractivity contribution in [3.05, 3.63) is 146 Å². The monoisotopic (exact) mass is 1300 g/mol. The highest BCUT2D eigenvalue weighted by Gasteiger charge is 2.27. The van der Waals surface area contributed by atoms with E-state index in [2.05, 4.69) is 160 Å². The number of rotatable bonds is 68. The van der Waals surface area contributed by atoms with Gasteiger partial charge in [0.2, 0.25) is 0 Å². The first-order valence-electron chi connectivity index (χ1n) is 37.6. The molecule has 0 aromatic heterocycles. The highest BCUT2D eigenvalue weighted by Crippen LogP contribution is 2.43. The van der Waals surface area contributed by atoms with Crippen molar-refractivity contribution in [2.24, 2.45) is 0 Å². The SMILES string of the molecule is CC/C=C\C/C=C\C/C=C\C/C=C\C/C=C\C/C=C\C/C=C\C/C=C\C/C=C\C/C=C\CCCCCCCCCCCCC(=O)OC(COC(=O)CCCCCCCCCCCCCCCCC/C=C\C/C=C\CCCCCCC)COP(=O)(O)OCC[N+](C)(C)C. The third-order valence-corrected chi connectivity index (χ3v) is 16.8. The van der Waals surface area contributed by atoms with Gasteiger partial charge in [0.15, 0.2) is 6.10 Å². The van der Waals surface area contributed by atoms with Gasteiger partial charge in [0.05, 0.1) is 27.7 Å². The number of hydrogen-bond acceptors (Lipinski definition) is 7. The molecule has 10 heteroatoms. The lowest BCUT2D eigenvalue weighted by atomic mass is 10.0. The molecule has 0 radical (unpaired) electrons. The molecule has 0 aliphatic heterocycles. The van der Waals surface area contributed by atoms with Crippen molar-refractivity contribution < 1.29 is 42.1 Å². The van der Waals surface area contributed by atoms with E-state index >= 15 is 0 Å². The molecular weight excluding hydrogens is 1160 g/mol. The highest BCUT2D eigenvalue weighted by atomic mass is 31.2. The van der Waals surface area contributed by atoms with E-state index in [1.54, 1.807) is 0 Å². The Morgan fingerprint density at radius 2 is 0.620 bits per heavy atom. The Balaban J connectivity index is 4.07. The molecule has 0 aliphatic rings. The van der Waals surface area contributed by atoms with Gasteiger partial charge < -0.3 is 18.9 Å². The molecule has 92 heavy (non-hydrogen) atoms. The van der Waals surface area contributed by atoms with Crippen molar-refractivity contribution in [1.82, 2.24) is 0 Å². The van der Waals surface area contributed by atoms with Gasteiger partial charge in [-0.15, -0.1) is 0 Å². The molecule has 2 atom stereocenters. The maximum Gasteiger partial charge on any atom is 0.472 e. The van der Waals surface area contributed by atoms with Crippen LogP contribution in [0.1, 0.15) is 309 Å². The van der Waals surface area contributed by atoms with E-state index in [0.29, 0.717) is 17.4 Å². The Kier molecular flexibility index (Phi) is 68.0. The molecule has 1 N–H and O–H groups in total. The molecule has 526 valence electrons. The topological polar surface area (TPSA) is 108 Å². The van der Waals surface area contributed by atoms with Gasteiger partial charge >= 0.3 is 19.8 Å². The molecule has 0 aromatic carbocycles. The van der Waals surface area contributed by atoms with Crippen LogP contribution in [0.25, 0.3) is 0 Å². The van der Waals surface area contributed by atoms with E-state index in [1.165, 1.54) is 161 Å². The number of allylic oxidation sites excluding steroid dienone is 24. The largest absolute Gasteiger partial charge is 0.472 e. The van der Waals surface area contributed by atoms with Crippen molar-refractivity contribution in [3.8, 4) is 0 Å². The normalized spacial score (nSPS) is 13.9. The van der Waals surface area contributed by atoms with Crippen LogP contribution in [0.5, 0.6) is 0 Å². The van der Waals surface area contributed by atoms with Gasteiger partial charge in [-0.1, -0.05) is 320 Å². The number of likely N-dealkylation sites (N-methyl/N-ethyl adjacent to an activating group) is 1. The smallest absolute Gasteiger partial charge is 0.462 e. The highest BCUT2D eigenvalue weighted by molar-refractivity contribution is 7.47. The molecule has 0 rings (SSSR count). The van der Waals surface area contributed by atoms with E-state index in [-0.39, 0.29) is 32.0 Å². The molecule has 0 aliphatic carbocycles. The molecular formula is C82H141NO8P+. The summed E-state index contributed by atoms with van der Waals surface area (Å²) in [6.07, 6.45) is 105. The van der Waals surface area contributed by atoms with Crippen LogP contribution in [0.3, 0.4) is 0 Å². The fourth-order valence-electron chi connectivity index (χ4n) is 10.1. The lowest BCUT2D eigenvalue weighted by Crippen LogP contribution is -2.37. The van der Waals surface area contributed by atoms with Crippen molar-refractivity contribution >= 4 is 19.8 Å². The van der Waals surface area contributed by atoms with Crippen molar-refractivity contribution in [3.63, 3.8) is 0 Å². The first-order chi connectivity index (χ1) is 45.0. The standard InChI is InChI=1S/C82H140NO8P/c1-6-8-10-12-14-16-18-20-22-24-26-28-30-32-34-35-36-37-38-39-40-41-42-43-44-45-46-47-49-51-53-55-57-59-61-63-65-67-69-71-73-75-82(85)91-80(79-90-92(86,87)89-77-76-83(3,4)5)78-88-81(84)74-72-70-68-66-64-62-60-58-56-54-52-50-48-33-31-29-27-25-23-21-19-17-15-13-11-9-7-2/h8,10,14,16,19-22,25-28,32,34,36-37,39-40,42-43,45-46,49,51,80H,6-7,9,11-13,15,17-18,23-24,29-31,33,35,38,41,44,47-48,50,52-79H2,1-5H3/p+1/b10-8-,16-14-,21-19-,22-20-,27-25-,28-26-,34-32-,37-36-,40-39-,43-42-,46-45-,51-49-. The summed E-state index contributed by atoms with van der Waals surface area (Å²) in [5, 5.41) is 0. The van der Waals surface area contributed by atoms with Gasteiger partial charge in [-0.05, 0) is 122 Å². The number of carbonyl (C=O) groups is 2. The summed E-state index contributed by atoms with van der Waals surface area (Å²) in [6, 6.07) is 0. The molecule has 0 saturated carbocycles. The minimum absolute atomic E-state index is 0.0255. The Morgan fingerprint density at radius 3 is 0.924 bits per heavy atom. The quantitative estimate of drug-likeness (QED) is 0.0211. The summed E-state index contributed by atoms with van der Waals surface area (Å²) in [4.78, 5) is 35.9. The minimum Gasteiger partial charge on any atom is -0.462 e. The maximum atomic E-state index is 12.9. The van der Waals surface area contributed by atoms with Crippen LogP contribution >= 0.6 is 7.82 Å². The molecule has 0 fully saturated rings. The summed E-state index contributed by atoms with van der Waals surface area (Å²) in [5.41, 5.74) is 0. The number of nitrogens with zero attached hydrogens (tertiary/aromatic N) is 1. The van der Waals surface area contributed by atoms with E-state index in [1.807, 2.05) is 21.1 Å². The third kappa shape index (κ3) is 74.9. The van der Waals surface area contributed by atoms with Crippen LogP contribution in [-0.4, -0.2) is 74.9 Å². The van der Waals surface area contributed by atoms with Gasteiger partial charge in [-0.3, -0.25) is 18.6 Å². The van der Waals surface area contributed by atoms with Gasteiger partial charge in [-0.25, -0.2) is 4.57 Å². The molecule has 0 aromatic rings. The van der Waals surface area contributed by atoms with E-state index in [9.17, 15) is 19.0 Å². The minimum atomic E-state index is -4.40. The first kappa shape index (κ1) is 87.9. The maximum absolute atomic E-state index is 12.9. The predicted molar refractivity (Wildman–Crippen MR) is 399 cm³/mol. The molecule has 0 amide bonds. The number of phosphoric acid groups is 1. The van der Waals surface area contributed by atoms with Gasteiger partial charge in [-0.2, -0.15) is 0 Å². The lowest BCUT2D eigenvalue weighted by molar-refractivity contribution is -0.870. The molecule has 9 nitrogen and oxygen atoms in total. The van der Waals surface area contributed by atoms with Gasteiger partial charge in [0.1, 0.15) is 19.8 Å². The Bertz CT molecular complexity index is 2070. The summed E-state index contributed by atoms with van der Waals surface area (Å²) in [5.74, 6) is -0.801.